The molecule has 0 aliphatic carbocycles. The van der Waals surface area contributed by atoms with Crippen molar-refractivity contribution in [1.82, 2.24) is 0 Å². The molecule has 2 rings (SSSR count). The molecule has 0 amide bonds. The average Bonchev–Trinajstić information content (AvgIpc) is 2.65. The van der Waals surface area contributed by atoms with Crippen LogP contribution in [0.15, 0.2) is 54.6 Å². The molecule has 0 N–H and O–H groups in total. The Bertz CT molecular complexity index is 697. The van der Waals surface area contributed by atoms with Crippen LogP contribution in [0, 0.1) is 0 Å². The Balaban J connectivity index is 1.71. The topological polar surface area (TPSA) is 61.8 Å². The molecule has 0 saturated carbocycles. The second-order valence-electron chi connectivity index (χ2n) is 5.74. The molecule has 0 fully saturated rings. The summed E-state index contributed by atoms with van der Waals surface area (Å²) in [4.78, 5) is 23.0. The third-order valence-electron chi connectivity index (χ3n) is 3.59. The van der Waals surface area contributed by atoms with Crippen LogP contribution in [0.5, 0.6) is 11.5 Å². The van der Waals surface area contributed by atoms with Crippen molar-refractivity contribution >= 4 is 11.9 Å². The number of carbonyl (C=O) groups excluding carboxylic acids is 2. The third kappa shape index (κ3) is 7.38. The fourth-order valence-electron chi connectivity index (χ4n) is 2.33. The van der Waals surface area contributed by atoms with Crippen molar-refractivity contribution in [1.29, 1.82) is 0 Å². The number of carbonyl (C=O) groups is 2. The van der Waals surface area contributed by atoms with Gasteiger partial charge in [-0.15, -0.1) is 0 Å². The zero-order valence-corrected chi connectivity index (χ0v) is 15.0. The van der Waals surface area contributed by atoms with Crippen molar-refractivity contribution in [3.63, 3.8) is 0 Å². The van der Waals surface area contributed by atoms with E-state index in [0.717, 1.165) is 11.3 Å². The smallest absolute Gasteiger partial charge is 0.306 e. The predicted octanol–water partition coefficient (Wildman–Crippen LogP) is 4.65. The highest BCUT2D eigenvalue weighted by atomic mass is 16.5. The van der Waals surface area contributed by atoms with Crippen LogP contribution in [0.1, 0.15) is 38.2 Å². The maximum absolute atomic E-state index is 11.8. The minimum absolute atomic E-state index is 0.197. The van der Waals surface area contributed by atoms with Gasteiger partial charge in [-0.1, -0.05) is 30.3 Å². The predicted molar refractivity (Wildman–Crippen MR) is 97.9 cm³/mol. The fourth-order valence-corrected chi connectivity index (χ4v) is 2.33. The van der Waals surface area contributed by atoms with Crippen LogP contribution in [-0.4, -0.2) is 18.5 Å². The van der Waals surface area contributed by atoms with E-state index in [2.05, 4.69) is 0 Å². The molecule has 5 nitrogen and oxygen atoms in total. The van der Waals surface area contributed by atoms with Crippen molar-refractivity contribution in [3.8, 4) is 11.5 Å². The van der Waals surface area contributed by atoms with E-state index in [9.17, 15) is 9.59 Å². The number of unbranched alkanes of at least 4 members (excludes halogenated alkanes) is 1. The normalized spacial score (nSPS) is 10.2. The highest BCUT2D eigenvalue weighted by Crippen LogP contribution is 2.22. The summed E-state index contributed by atoms with van der Waals surface area (Å²) in [6.07, 6.45) is 1.85. The molecule has 0 saturated heterocycles. The molecule has 0 heterocycles. The van der Waals surface area contributed by atoms with E-state index in [1.165, 1.54) is 0 Å². The molecule has 0 radical (unpaired) electrons. The van der Waals surface area contributed by atoms with Crippen LogP contribution in [0.2, 0.25) is 0 Å². The van der Waals surface area contributed by atoms with Gasteiger partial charge in [-0.3, -0.25) is 9.59 Å². The van der Waals surface area contributed by atoms with E-state index < -0.39 is 0 Å². The minimum atomic E-state index is -0.275. The monoisotopic (exact) mass is 356 g/mol. The van der Waals surface area contributed by atoms with E-state index in [1.807, 2.05) is 54.6 Å². The summed E-state index contributed by atoms with van der Waals surface area (Å²) in [5, 5.41) is 0. The van der Waals surface area contributed by atoms with Gasteiger partial charge in [-0.2, -0.15) is 0 Å². The molecule has 5 heteroatoms. The highest BCUT2D eigenvalue weighted by molar-refractivity contribution is 5.70. The number of benzene rings is 2. The minimum Gasteiger partial charge on any atom is -0.466 e. The summed E-state index contributed by atoms with van der Waals surface area (Å²) in [5.74, 6) is 0.946. The summed E-state index contributed by atoms with van der Waals surface area (Å²) >= 11 is 0. The standard InChI is InChI=1S/C21H24O5/c1-2-24-20(22)13-6-7-14-21(23)25-16-17-9-8-12-19(15-17)26-18-10-4-3-5-11-18/h3-5,8-12,15H,2,6-7,13-14,16H2,1H3. The van der Waals surface area contributed by atoms with Crippen molar-refractivity contribution in [2.45, 2.75) is 39.2 Å². The van der Waals surface area contributed by atoms with Crippen molar-refractivity contribution in [3.05, 3.63) is 60.2 Å². The summed E-state index contributed by atoms with van der Waals surface area (Å²) in [6.45, 7) is 2.35. The number of hydrogen-bond acceptors (Lipinski definition) is 5. The molecule has 0 aliphatic rings. The second kappa shape index (κ2) is 10.9. The second-order valence-corrected chi connectivity index (χ2v) is 5.74. The molecule has 0 bridgehead atoms. The number of hydrogen-bond donors (Lipinski definition) is 0. The van der Waals surface area contributed by atoms with Crippen molar-refractivity contribution in [2.75, 3.05) is 6.61 Å². The van der Waals surface area contributed by atoms with Gasteiger partial charge in [-0.25, -0.2) is 0 Å². The molecule has 0 spiro atoms. The van der Waals surface area contributed by atoms with E-state index in [1.54, 1.807) is 6.92 Å². The first-order valence-corrected chi connectivity index (χ1v) is 8.80. The summed E-state index contributed by atoms with van der Waals surface area (Å²) in [6, 6.07) is 16.9. The van der Waals surface area contributed by atoms with Gasteiger partial charge >= 0.3 is 11.9 Å². The fraction of sp³-hybridized carbons (Fsp3) is 0.333. The van der Waals surface area contributed by atoms with E-state index in [4.69, 9.17) is 14.2 Å². The molecule has 0 aromatic heterocycles. The van der Waals surface area contributed by atoms with Crippen LogP contribution in [-0.2, 0) is 25.7 Å². The Morgan fingerprint density at radius 2 is 1.46 bits per heavy atom. The molecule has 2 aromatic carbocycles. The van der Waals surface area contributed by atoms with Crippen LogP contribution in [0.25, 0.3) is 0 Å². The zero-order chi connectivity index (χ0) is 18.6. The molecule has 0 unspecified atom stereocenters. The van der Waals surface area contributed by atoms with Gasteiger partial charge in [0.2, 0.25) is 0 Å². The molecule has 138 valence electrons. The van der Waals surface area contributed by atoms with Gasteiger partial charge in [0.1, 0.15) is 18.1 Å². The molecule has 0 aliphatic heterocycles. The average molecular weight is 356 g/mol. The molecular weight excluding hydrogens is 332 g/mol. The van der Waals surface area contributed by atoms with Crippen molar-refractivity contribution in [2.24, 2.45) is 0 Å². The maximum Gasteiger partial charge on any atom is 0.306 e. The number of para-hydroxylation sites is 1. The Kier molecular flexibility index (Phi) is 8.19. The van der Waals surface area contributed by atoms with E-state index >= 15 is 0 Å². The molecule has 0 atom stereocenters. The highest BCUT2D eigenvalue weighted by Gasteiger charge is 2.07. The molecular formula is C21H24O5. The lowest BCUT2D eigenvalue weighted by atomic mass is 10.2. The van der Waals surface area contributed by atoms with Gasteiger partial charge in [0.25, 0.3) is 0 Å². The Hall–Kier alpha value is -2.82. The largest absolute Gasteiger partial charge is 0.466 e. The Morgan fingerprint density at radius 3 is 2.15 bits per heavy atom. The van der Waals surface area contributed by atoms with Gasteiger partial charge in [-0.05, 0) is 49.6 Å². The lowest BCUT2D eigenvalue weighted by molar-refractivity contribution is -0.146. The van der Waals surface area contributed by atoms with Crippen LogP contribution >= 0.6 is 0 Å². The molecule has 26 heavy (non-hydrogen) atoms. The van der Waals surface area contributed by atoms with E-state index in [0.29, 0.717) is 38.0 Å². The molecule has 2 aromatic rings. The number of ether oxygens (including phenoxy) is 3. The van der Waals surface area contributed by atoms with Gasteiger partial charge < -0.3 is 14.2 Å². The summed E-state index contributed by atoms with van der Waals surface area (Å²) in [5.41, 5.74) is 0.860. The zero-order valence-electron chi connectivity index (χ0n) is 15.0. The SMILES string of the molecule is CCOC(=O)CCCCC(=O)OCc1cccc(Oc2ccccc2)c1. The van der Waals surface area contributed by atoms with Crippen molar-refractivity contribution < 1.29 is 23.8 Å². The first-order valence-electron chi connectivity index (χ1n) is 8.80. The first-order chi connectivity index (χ1) is 12.7. The summed E-state index contributed by atoms with van der Waals surface area (Å²) in [7, 11) is 0. The lowest BCUT2D eigenvalue weighted by Crippen LogP contribution is -2.06. The summed E-state index contributed by atoms with van der Waals surface area (Å²) < 4.78 is 15.9. The number of esters is 2. The van der Waals surface area contributed by atoms with Crippen LogP contribution < -0.4 is 4.74 Å². The lowest BCUT2D eigenvalue weighted by Gasteiger charge is -2.08. The number of rotatable bonds is 10. The van der Waals surface area contributed by atoms with Crippen LogP contribution in [0.3, 0.4) is 0 Å². The van der Waals surface area contributed by atoms with Gasteiger partial charge in [0, 0.05) is 12.8 Å². The van der Waals surface area contributed by atoms with Gasteiger partial charge in [0.15, 0.2) is 0 Å². The Labute approximate surface area is 153 Å². The third-order valence-corrected chi connectivity index (χ3v) is 3.59. The van der Waals surface area contributed by atoms with Crippen LogP contribution in [0.4, 0.5) is 0 Å². The van der Waals surface area contributed by atoms with Gasteiger partial charge in [0.05, 0.1) is 6.61 Å². The first kappa shape index (κ1) is 19.5. The quantitative estimate of drug-likeness (QED) is 0.458. The van der Waals surface area contributed by atoms with E-state index in [-0.39, 0.29) is 18.5 Å². The maximum atomic E-state index is 11.8. The Morgan fingerprint density at radius 1 is 0.808 bits per heavy atom.